The second-order valence-electron chi connectivity index (χ2n) is 4.17. The maximum absolute atomic E-state index is 11.3. The Morgan fingerprint density at radius 3 is 2.00 bits per heavy atom. The van der Waals surface area contributed by atoms with Gasteiger partial charge in [-0.05, 0) is 25.5 Å². The van der Waals surface area contributed by atoms with E-state index in [2.05, 4.69) is 17.9 Å². The summed E-state index contributed by atoms with van der Waals surface area (Å²) in [6.45, 7) is 1.33. The number of rotatable bonds is 8. The summed E-state index contributed by atoms with van der Waals surface area (Å²) in [6, 6.07) is -1.22. The van der Waals surface area contributed by atoms with Crippen LogP contribution < -0.4 is 5.32 Å². The van der Waals surface area contributed by atoms with Gasteiger partial charge in [0.25, 0.3) is 0 Å². The van der Waals surface area contributed by atoms with Gasteiger partial charge in [-0.2, -0.15) is 12.6 Å². The average molecular weight is 347 g/mol. The van der Waals surface area contributed by atoms with Crippen LogP contribution in [0.3, 0.4) is 0 Å². The fourth-order valence-corrected chi connectivity index (χ4v) is 1.43. The lowest BCUT2D eigenvalue weighted by Crippen LogP contribution is -2.47. The normalized spacial score (nSPS) is 13.6. The van der Waals surface area contributed by atoms with Gasteiger partial charge in [-0.15, -0.1) is 0 Å². The number of carbonyl (C=O) groups is 2. The molecule has 11 heteroatoms. The van der Waals surface area contributed by atoms with Gasteiger partial charge in [0.2, 0.25) is 5.91 Å². The van der Waals surface area contributed by atoms with Crippen LogP contribution in [0.1, 0.15) is 32.6 Å². The van der Waals surface area contributed by atoms with Crippen molar-refractivity contribution in [2.75, 3.05) is 5.75 Å². The highest BCUT2D eigenvalue weighted by atomic mass is 32.1. The quantitative estimate of drug-likeness (QED) is 0.175. The number of hydrogen-bond acceptors (Lipinski definition) is 5. The van der Waals surface area contributed by atoms with Gasteiger partial charge in [-0.1, -0.05) is 6.42 Å². The first-order valence-electron chi connectivity index (χ1n) is 6.08. The molecule has 0 heterocycles. The molecule has 0 radical (unpaired) electrons. The van der Waals surface area contributed by atoms with Crippen LogP contribution in [0.5, 0.6) is 0 Å². The molecule has 0 aliphatic carbocycles. The van der Waals surface area contributed by atoms with Gasteiger partial charge >= 0.3 is 13.8 Å². The molecule has 2 atom stereocenters. The van der Waals surface area contributed by atoms with Crippen molar-refractivity contribution in [3.63, 3.8) is 0 Å². The highest BCUT2D eigenvalue weighted by molar-refractivity contribution is 7.80. The summed E-state index contributed by atoms with van der Waals surface area (Å²) in [5.41, 5.74) is 0. The van der Waals surface area contributed by atoms with E-state index in [1.807, 2.05) is 0 Å². The van der Waals surface area contributed by atoms with Crippen molar-refractivity contribution in [1.29, 1.82) is 0 Å². The van der Waals surface area contributed by atoms with Gasteiger partial charge in [0.1, 0.15) is 0 Å². The van der Waals surface area contributed by atoms with Crippen LogP contribution in [0.25, 0.3) is 0 Å². The summed E-state index contributed by atoms with van der Waals surface area (Å²) in [4.78, 5) is 43.6. The molecule has 0 spiro atoms. The van der Waals surface area contributed by atoms with E-state index < -0.39 is 25.9 Å². The van der Waals surface area contributed by atoms with E-state index >= 15 is 0 Å². The Bertz CT molecular complexity index is 351. The van der Waals surface area contributed by atoms with Gasteiger partial charge < -0.3 is 30.2 Å². The van der Waals surface area contributed by atoms with Crippen molar-refractivity contribution in [1.82, 2.24) is 5.32 Å². The third kappa shape index (κ3) is 19.4. The standard InChI is InChI=1S/C10H19NO4S.H3O4P/c1-7(12)9(10(14)15)11-8(13)5-3-2-4-6-16;1-5(2,3)4/h7,9,12,16H,2-6H2,1H3,(H,11,13)(H,14,15);(H3,1,2,3,4). The van der Waals surface area contributed by atoms with E-state index in [-0.39, 0.29) is 12.3 Å². The number of nitrogens with one attached hydrogen (secondary N) is 1. The van der Waals surface area contributed by atoms with Gasteiger partial charge in [-0.25, -0.2) is 9.36 Å². The zero-order chi connectivity index (χ0) is 17.1. The Hall–Kier alpha value is -0.640. The molecule has 0 saturated heterocycles. The van der Waals surface area contributed by atoms with Gasteiger partial charge in [-0.3, -0.25) is 4.79 Å². The first kappa shape index (κ1) is 22.6. The number of aliphatic hydroxyl groups excluding tert-OH is 1. The van der Waals surface area contributed by atoms with Crippen molar-refractivity contribution in [2.24, 2.45) is 0 Å². The molecule has 9 nitrogen and oxygen atoms in total. The number of carboxylic acid groups (broad SMARTS) is 1. The van der Waals surface area contributed by atoms with Crippen LogP contribution >= 0.6 is 20.5 Å². The van der Waals surface area contributed by atoms with Crippen LogP contribution in [0.15, 0.2) is 0 Å². The number of aliphatic hydroxyl groups is 1. The Balaban J connectivity index is 0. The Morgan fingerprint density at radius 1 is 1.19 bits per heavy atom. The number of thiol groups is 1. The molecular formula is C10H22NO8PS. The third-order valence-corrected chi connectivity index (χ3v) is 2.44. The highest BCUT2D eigenvalue weighted by Crippen LogP contribution is 2.25. The van der Waals surface area contributed by atoms with Crippen LogP contribution in [-0.4, -0.2) is 54.7 Å². The predicted octanol–water partition coefficient (Wildman–Crippen LogP) is -0.502. The lowest BCUT2D eigenvalue weighted by molar-refractivity contribution is -0.144. The summed E-state index contributed by atoms with van der Waals surface area (Å²) in [5, 5.41) is 20.1. The third-order valence-electron chi connectivity index (χ3n) is 2.13. The first-order valence-corrected chi connectivity index (χ1v) is 8.28. The molecule has 0 aliphatic rings. The van der Waals surface area contributed by atoms with E-state index in [1.54, 1.807) is 0 Å². The number of hydrogen-bond donors (Lipinski definition) is 7. The van der Waals surface area contributed by atoms with Crippen molar-refractivity contribution in [3.05, 3.63) is 0 Å². The molecule has 0 rings (SSSR count). The summed E-state index contributed by atoms with van der Waals surface area (Å²) < 4.78 is 8.88. The van der Waals surface area contributed by atoms with Crippen LogP contribution in [-0.2, 0) is 14.2 Å². The lowest BCUT2D eigenvalue weighted by Gasteiger charge is -2.16. The molecule has 126 valence electrons. The summed E-state index contributed by atoms with van der Waals surface area (Å²) in [7, 11) is -4.64. The highest BCUT2D eigenvalue weighted by Gasteiger charge is 2.24. The molecule has 2 unspecified atom stereocenters. The van der Waals surface area contributed by atoms with Crippen molar-refractivity contribution >= 4 is 32.3 Å². The minimum atomic E-state index is -4.64. The summed E-state index contributed by atoms with van der Waals surface area (Å²) in [6.07, 6.45) is 1.72. The van der Waals surface area contributed by atoms with Crippen LogP contribution in [0.2, 0.25) is 0 Å². The topological polar surface area (TPSA) is 164 Å². The number of phosphoric acid groups is 1. The number of carboxylic acids is 1. The molecule has 0 aromatic heterocycles. The maximum Gasteiger partial charge on any atom is 0.466 e. The molecule has 0 aromatic rings. The molecule has 0 aromatic carbocycles. The Morgan fingerprint density at radius 2 is 1.67 bits per heavy atom. The fraction of sp³-hybridized carbons (Fsp3) is 0.800. The van der Waals surface area contributed by atoms with E-state index in [4.69, 9.17) is 29.5 Å². The molecule has 0 fully saturated rings. The number of amides is 1. The van der Waals surface area contributed by atoms with Gasteiger partial charge in [0.05, 0.1) is 6.10 Å². The van der Waals surface area contributed by atoms with Crippen molar-refractivity contribution < 1.29 is 39.0 Å². The monoisotopic (exact) mass is 347 g/mol. The minimum Gasteiger partial charge on any atom is -0.480 e. The zero-order valence-corrected chi connectivity index (χ0v) is 13.3. The number of unbranched alkanes of at least 4 members (excludes halogenated alkanes) is 2. The Labute approximate surface area is 128 Å². The largest absolute Gasteiger partial charge is 0.480 e. The van der Waals surface area contributed by atoms with Crippen molar-refractivity contribution in [3.8, 4) is 0 Å². The van der Waals surface area contributed by atoms with E-state index in [0.717, 1.165) is 18.6 Å². The molecule has 21 heavy (non-hydrogen) atoms. The smallest absolute Gasteiger partial charge is 0.466 e. The van der Waals surface area contributed by atoms with Gasteiger partial charge in [0, 0.05) is 6.42 Å². The average Bonchev–Trinajstić information content (AvgIpc) is 2.28. The molecule has 6 N–H and O–H groups in total. The second-order valence-corrected chi connectivity index (χ2v) is 5.65. The van der Waals surface area contributed by atoms with Crippen LogP contribution in [0, 0.1) is 0 Å². The van der Waals surface area contributed by atoms with Crippen LogP contribution in [0.4, 0.5) is 0 Å². The molecule has 1 amide bonds. The molecule has 0 saturated carbocycles. The lowest BCUT2D eigenvalue weighted by atomic mass is 10.1. The molecular weight excluding hydrogens is 325 g/mol. The summed E-state index contributed by atoms with van der Waals surface area (Å²) in [5.74, 6) is -0.779. The zero-order valence-electron chi connectivity index (χ0n) is 11.5. The number of aliphatic carboxylic acids is 1. The molecule has 0 bridgehead atoms. The van der Waals surface area contributed by atoms with E-state index in [9.17, 15) is 9.59 Å². The van der Waals surface area contributed by atoms with E-state index in [0.29, 0.717) is 6.42 Å². The van der Waals surface area contributed by atoms with Crippen molar-refractivity contribution in [2.45, 2.75) is 44.8 Å². The maximum atomic E-state index is 11.3. The fourth-order valence-electron chi connectivity index (χ4n) is 1.21. The first-order chi connectivity index (χ1) is 9.49. The number of carbonyl (C=O) groups excluding carboxylic acids is 1. The predicted molar refractivity (Wildman–Crippen MR) is 77.8 cm³/mol. The molecule has 0 aliphatic heterocycles. The SMILES string of the molecule is CC(O)C(NC(=O)CCCCCS)C(=O)O.O=P(O)(O)O. The summed E-state index contributed by atoms with van der Waals surface area (Å²) >= 11 is 4.04. The second kappa shape index (κ2) is 12.0. The van der Waals surface area contributed by atoms with Gasteiger partial charge in [0.15, 0.2) is 6.04 Å². The minimum absolute atomic E-state index is 0.282. The van der Waals surface area contributed by atoms with E-state index in [1.165, 1.54) is 6.92 Å². The Kier molecular flexibility index (Phi) is 12.9.